The van der Waals surface area contributed by atoms with Crippen molar-refractivity contribution in [2.24, 2.45) is 0 Å². The number of morpholine rings is 1. The van der Waals surface area contributed by atoms with Gasteiger partial charge >= 0.3 is 0 Å². The van der Waals surface area contributed by atoms with E-state index in [0.717, 1.165) is 44.3 Å². The standard InChI is InChI=1S/C20H27N3OS/c1-14-6-15(2)8-17(7-14)9-22-11-19-20(12-22)24-5-4-23(19)10-18-13-25-16(3)21-18/h6-8,13,19-20H,4-5,9-12H2,1-3H3/t19-,20+/m1/s1. The molecule has 0 saturated carbocycles. The highest BCUT2D eigenvalue weighted by Gasteiger charge is 2.40. The number of thiazole rings is 1. The number of hydrogen-bond acceptors (Lipinski definition) is 5. The van der Waals surface area contributed by atoms with E-state index in [4.69, 9.17) is 4.74 Å². The summed E-state index contributed by atoms with van der Waals surface area (Å²) in [7, 11) is 0. The van der Waals surface area contributed by atoms with Crippen LogP contribution >= 0.6 is 11.3 Å². The summed E-state index contributed by atoms with van der Waals surface area (Å²) in [5, 5.41) is 3.35. The number of nitrogens with zero attached hydrogens (tertiary/aromatic N) is 3. The van der Waals surface area contributed by atoms with Crippen LogP contribution in [0.15, 0.2) is 23.6 Å². The molecule has 0 radical (unpaired) electrons. The smallest absolute Gasteiger partial charge is 0.0897 e. The van der Waals surface area contributed by atoms with Crippen LogP contribution < -0.4 is 0 Å². The molecule has 25 heavy (non-hydrogen) atoms. The van der Waals surface area contributed by atoms with Crippen molar-refractivity contribution in [1.82, 2.24) is 14.8 Å². The van der Waals surface area contributed by atoms with E-state index in [1.54, 1.807) is 11.3 Å². The average Bonchev–Trinajstić information content (AvgIpc) is 3.12. The SMILES string of the molecule is Cc1cc(C)cc(CN2C[C@@H]3OCCN(Cc4csc(C)n4)[C@@H]3C2)c1. The normalized spacial score (nSPS) is 24.6. The van der Waals surface area contributed by atoms with Crippen LogP contribution in [0.25, 0.3) is 0 Å². The molecule has 0 N–H and O–H groups in total. The molecule has 0 amide bonds. The summed E-state index contributed by atoms with van der Waals surface area (Å²) in [4.78, 5) is 9.77. The van der Waals surface area contributed by atoms with Crippen LogP contribution in [0.5, 0.6) is 0 Å². The van der Waals surface area contributed by atoms with Gasteiger partial charge in [0.2, 0.25) is 0 Å². The number of rotatable bonds is 4. The van der Waals surface area contributed by atoms with Gasteiger partial charge in [-0.1, -0.05) is 29.3 Å². The zero-order valence-electron chi connectivity index (χ0n) is 15.4. The molecule has 1 aromatic carbocycles. The second kappa shape index (κ2) is 7.16. The first-order valence-corrected chi connectivity index (χ1v) is 10.0. The summed E-state index contributed by atoms with van der Waals surface area (Å²) in [6.45, 7) is 12.4. The number of aromatic nitrogens is 1. The molecule has 0 unspecified atom stereocenters. The van der Waals surface area contributed by atoms with Gasteiger partial charge in [-0.2, -0.15) is 0 Å². The van der Waals surface area contributed by atoms with Gasteiger partial charge in [-0.15, -0.1) is 11.3 Å². The summed E-state index contributed by atoms with van der Waals surface area (Å²) in [5.74, 6) is 0. The number of hydrogen-bond donors (Lipinski definition) is 0. The zero-order valence-corrected chi connectivity index (χ0v) is 16.2. The minimum absolute atomic E-state index is 0.333. The molecule has 134 valence electrons. The van der Waals surface area contributed by atoms with E-state index in [1.807, 2.05) is 0 Å². The van der Waals surface area contributed by atoms with Crippen molar-refractivity contribution in [2.75, 3.05) is 26.2 Å². The van der Waals surface area contributed by atoms with Crippen LogP contribution in [-0.2, 0) is 17.8 Å². The Morgan fingerprint density at radius 3 is 2.64 bits per heavy atom. The lowest BCUT2D eigenvalue weighted by Gasteiger charge is -2.36. The summed E-state index contributed by atoms with van der Waals surface area (Å²) in [6, 6.07) is 7.35. The largest absolute Gasteiger partial charge is 0.374 e. The molecular formula is C20H27N3OS. The molecule has 2 saturated heterocycles. The van der Waals surface area contributed by atoms with E-state index in [9.17, 15) is 0 Å². The van der Waals surface area contributed by atoms with E-state index >= 15 is 0 Å². The summed E-state index contributed by atoms with van der Waals surface area (Å²) in [6.07, 6.45) is 0.333. The van der Waals surface area contributed by atoms with Crippen LogP contribution in [0.3, 0.4) is 0 Å². The maximum Gasteiger partial charge on any atom is 0.0897 e. The number of likely N-dealkylation sites (tertiary alicyclic amines) is 1. The van der Waals surface area contributed by atoms with Crippen LogP contribution in [0.1, 0.15) is 27.4 Å². The van der Waals surface area contributed by atoms with Gasteiger partial charge in [-0.25, -0.2) is 4.98 Å². The van der Waals surface area contributed by atoms with Gasteiger partial charge in [-0.3, -0.25) is 9.80 Å². The fourth-order valence-corrected chi connectivity index (χ4v) is 4.87. The van der Waals surface area contributed by atoms with Crippen LogP contribution in [0, 0.1) is 20.8 Å². The lowest BCUT2D eigenvalue weighted by Crippen LogP contribution is -2.50. The molecule has 2 aromatic rings. The molecule has 2 fully saturated rings. The first kappa shape index (κ1) is 17.2. The molecule has 2 atom stereocenters. The monoisotopic (exact) mass is 357 g/mol. The topological polar surface area (TPSA) is 28.6 Å². The summed E-state index contributed by atoms with van der Waals surface area (Å²) in [5.41, 5.74) is 5.32. The predicted molar refractivity (Wildman–Crippen MR) is 102 cm³/mol. The Hall–Kier alpha value is -1.27. The highest BCUT2D eigenvalue weighted by Crippen LogP contribution is 2.26. The Morgan fingerprint density at radius 1 is 1.12 bits per heavy atom. The Kier molecular flexibility index (Phi) is 4.91. The molecule has 2 aliphatic heterocycles. The maximum atomic E-state index is 6.09. The van der Waals surface area contributed by atoms with Crippen molar-refractivity contribution >= 4 is 11.3 Å². The second-order valence-electron chi connectivity index (χ2n) is 7.49. The molecule has 3 heterocycles. The van der Waals surface area contributed by atoms with Crippen molar-refractivity contribution in [2.45, 2.75) is 46.0 Å². The fraction of sp³-hybridized carbons (Fsp3) is 0.550. The van der Waals surface area contributed by atoms with E-state index in [-0.39, 0.29) is 0 Å². The van der Waals surface area contributed by atoms with Crippen molar-refractivity contribution in [3.05, 3.63) is 51.0 Å². The lowest BCUT2D eigenvalue weighted by molar-refractivity contribution is -0.0507. The molecule has 0 aliphatic carbocycles. The Morgan fingerprint density at radius 2 is 1.92 bits per heavy atom. The van der Waals surface area contributed by atoms with Crippen LogP contribution in [0.2, 0.25) is 0 Å². The fourth-order valence-electron chi connectivity index (χ4n) is 4.27. The molecule has 4 rings (SSSR count). The zero-order chi connectivity index (χ0) is 17.4. The van der Waals surface area contributed by atoms with E-state index in [2.05, 4.69) is 59.1 Å². The highest BCUT2D eigenvalue weighted by molar-refractivity contribution is 7.09. The van der Waals surface area contributed by atoms with Gasteiger partial charge in [0.05, 0.1) is 29.5 Å². The first-order chi connectivity index (χ1) is 12.1. The van der Waals surface area contributed by atoms with Gasteiger partial charge in [0.1, 0.15) is 0 Å². The van der Waals surface area contributed by atoms with Crippen molar-refractivity contribution in [3.63, 3.8) is 0 Å². The third-order valence-corrected chi connectivity index (χ3v) is 6.03. The third kappa shape index (κ3) is 3.95. The predicted octanol–water partition coefficient (Wildman–Crippen LogP) is 3.15. The molecule has 5 heteroatoms. The Balaban J connectivity index is 1.43. The molecule has 0 bridgehead atoms. The molecule has 4 nitrogen and oxygen atoms in total. The van der Waals surface area contributed by atoms with Crippen molar-refractivity contribution in [3.8, 4) is 0 Å². The molecular weight excluding hydrogens is 330 g/mol. The minimum Gasteiger partial charge on any atom is -0.374 e. The van der Waals surface area contributed by atoms with E-state index in [1.165, 1.54) is 22.4 Å². The Bertz CT molecular complexity index is 724. The van der Waals surface area contributed by atoms with Gasteiger partial charge in [0, 0.05) is 38.1 Å². The van der Waals surface area contributed by atoms with Gasteiger partial charge in [0.25, 0.3) is 0 Å². The maximum absolute atomic E-state index is 6.09. The molecule has 1 aromatic heterocycles. The molecule has 2 aliphatic rings. The number of benzene rings is 1. The minimum atomic E-state index is 0.333. The summed E-state index contributed by atoms with van der Waals surface area (Å²) >= 11 is 1.74. The highest BCUT2D eigenvalue weighted by atomic mass is 32.1. The van der Waals surface area contributed by atoms with Crippen molar-refractivity contribution in [1.29, 1.82) is 0 Å². The van der Waals surface area contributed by atoms with E-state index < -0.39 is 0 Å². The van der Waals surface area contributed by atoms with Crippen LogP contribution in [0.4, 0.5) is 0 Å². The van der Waals surface area contributed by atoms with Crippen LogP contribution in [-0.4, -0.2) is 53.2 Å². The van der Waals surface area contributed by atoms with Gasteiger partial charge in [-0.05, 0) is 26.3 Å². The second-order valence-corrected chi connectivity index (χ2v) is 8.56. The number of ether oxygens (including phenoxy) is 1. The van der Waals surface area contributed by atoms with Gasteiger partial charge in [0.15, 0.2) is 0 Å². The average molecular weight is 358 g/mol. The first-order valence-electron chi connectivity index (χ1n) is 9.13. The van der Waals surface area contributed by atoms with Crippen molar-refractivity contribution < 1.29 is 4.74 Å². The molecule has 0 spiro atoms. The third-order valence-electron chi connectivity index (χ3n) is 5.21. The number of fused-ring (bicyclic) bond motifs is 1. The summed E-state index contributed by atoms with van der Waals surface area (Å²) < 4.78 is 6.09. The number of aryl methyl sites for hydroxylation is 3. The lowest BCUT2D eigenvalue weighted by atomic mass is 10.1. The quantitative estimate of drug-likeness (QED) is 0.840. The van der Waals surface area contributed by atoms with Gasteiger partial charge < -0.3 is 4.74 Å². The van der Waals surface area contributed by atoms with E-state index in [0.29, 0.717) is 12.1 Å². The Labute approximate surface area is 154 Å².